The van der Waals surface area contributed by atoms with Gasteiger partial charge in [-0.15, -0.1) is 0 Å². The zero-order chi connectivity index (χ0) is 17.7. The van der Waals surface area contributed by atoms with Crippen LogP contribution in [0.4, 0.5) is 0 Å². The second-order valence-corrected chi connectivity index (χ2v) is 8.02. The molecule has 1 fully saturated rings. The first-order chi connectivity index (χ1) is 12.0. The molecular weight excluding hydrogens is 336 g/mol. The van der Waals surface area contributed by atoms with Crippen LogP contribution in [0.5, 0.6) is 0 Å². The molecule has 2 aromatic rings. The number of rotatable bonds is 8. The number of hydrogen-bond donors (Lipinski definition) is 2. The summed E-state index contributed by atoms with van der Waals surface area (Å²) in [5, 5.41) is 2.89. The zero-order valence-electron chi connectivity index (χ0n) is 13.9. The zero-order valence-corrected chi connectivity index (χ0v) is 14.8. The lowest BCUT2D eigenvalue weighted by atomic mass is 10.1. The van der Waals surface area contributed by atoms with Gasteiger partial charge in [0, 0.05) is 19.0 Å². The van der Waals surface area contributed by atoms with Crippen LogP contribution in [0.3, 0.4) is 0 Å². The highest BCUT2D eigenvalue weighted by Gasteiger charge is 2.27. The van der Waals surface area contributed by atoms with E-state index in [1.165, 1.54) is 0 Å². The number of carbonyl (C=O) groups excluding carboxylic acids is 1. The van der Waals surface area contributed by atoms with E-state index < -0.39 is 10.0 Å². The minimum absolute atomic E-state index is 0.0176. The van der Waals surface area contributed by atoms with Crippen molar-refractivity contribution >= 4 is 15.9 Å². The summed E-state index contributed by atoms with van der Waals surface area (Å²) in [5.74, 6) is -0.0176. The Bertz CT molecular complexity index is 814. The molecule has 0 spiro atoms. The van der Waals surface area contributed by atoms with Crippen LogP contribution in [0, 0.1) is 0 Å². The third kappa shape index (κ3) is 5.41. The van der Waals surface area contributed by atoms with Crippen molar-refractivity contribution < 1.29 is 13.2 Å². The van der Waals surface area contributed by atoms with Crippen LogP contribution in [-0.2, 0) is 27.8 Å². The molecule has 0 radical (unpaired) electrons. The first-order valence-electron chi connectivity index (χ1n) is 8.45. The van der Waals surface area contributed by atoms with Crippen LogP contribution in [-0.4, -0.2) is 20.4 Å². The second kappa shape index (κ2) is 7.80. The molecule has 1 saturated carbocycles. The van der Waals surface area contributed by atoms with Crippen molar-refractivity contribution in [1.29, 1.82) is 0 Å². The summed E-state index contributed by atoms with van der Waals surface area (Å²) >= 11 is 0. The Hall–Kier alpha value is -2.18. The van der Waals surface area contributed by atoms with Crippen molar-refractivity contribution in [2.45, 2.75) is 43.2 Å². The first kappa shape index (κ1) is 17.6. The highest BCUT2D eigenvalue weighted by Crippen LogP contribution is 2.22. The summed E-state index contributed by atoms with van der Waals surface area (Å²) in [4.78, 5) is 12.2. The molecule has 0 unspecified atom stereocenters. The van der Waals surface area contributed by atoms with E-state index in [2.05, 4.69) is 10.0 Å². The van der Waals surface area contributed by atoms with E-state index >= 15 is 0 Å². The summed E-state index contributed by atoms with van der Waals surface area (Å²) in [7, 11) is -3.41. The Morgan fingerprint density at radius 1 is 0.960 bits per heavy atom. The predicted octanol–water partition coefficient (Wildman–Crippen LogP) is 2.38. The number of nitrogens with one attached hydrogen (secondary N) is 2. The molecule has 3 rings (SSSR count). The monoisotopic (exact) mass is 358 g/mol. The van der Waals surface area contributed by atoms with Gasteiger partial charge in [0.25, 0.3) is 0 Å². The van der Waals surface area contributed by atoms with Gasteiger partial charge >= 0.3 is 0 Å². The number of amides is 1. The number of hydrogen-bond acceptors (Lipinski definition) is 3. The highest BCUT2D eigenvalue weighted by atomic mass is 32.2. The van der Waals surface area contributed by atoms with E-state index in [4.69, 9.17) is 0 Å². The topological polar surface area (TPSA) is 75.3 Å². The van der Waals surface area contributed by atoms with E-state index in [-0.39, 0.29) is 16.8 Å². The molecule has 1 aliphatic carbocycles. The van der Waals surface area contributed by atoms with Crippen LogP contribution < -0.4 is 10.0 Å². The van der Waals surface area contributed by atoms with Gasteiger partial charge in [-0.1, -0.05) is 42.5 Å². The molecule has 0 atom stereocenters. The molecule has 25 heavy (non-hydrogen) atoms. The van der Waals surface area contributed by atoms with Crippen LogP contribution in [0.15, 0.2) is 59.5 Å². The molecule has 0 saturated heterocycles. The van der Waals surface area contributed by atoms with Gasteiger partial charge in [-0.25, -0.2) is 13.1 Å². The van der Waals surface area contributed by atoms with E-state index in [0.717, 1.165) is 24.0 Å². The fourth-order valence-electron chi connectivity index (χ4n) is 2.47. The number of aryl methyl sites for hydroxylation is 1. The smallest absolute Gasteiger partial charge is 0.240 e. The van der Waals surface area contributed by atoms with E-state index in [9.17, 15) is 13.2 Å². The SMILES string of the molecule is O=C(CCc1ccc(S(=O)(=O)NC2CC2)cc1)NCc1ccccc1. The molecule has 0 bridgehead atoms. The number of carbonyl (C=O) groups is 1. The highest BCUT2D eigenvalue weighted by molar-refractivity contribution is 7.89. The molecule has 0 aromatic heterocycles. The van der Waals surface area contributed by atoms with Crippen molar-refractivity contribution in [3.8, 4) is 0 Å². The average molecular weight is 358 g/mol. The fourth-order valence-corrected chi connectivity index (χ4v) is 3.77. The average Bonchev–Trinajstić information content (AvgIpc) is 3.43. The van der Waals surface area contributed by atoms with Gasteiger partial charge in [0.1, 0.15) is 0 Å². The van der Waals surface area contributed by atoms with Crippen LogP contribution in [0.1, 0.15) is 30.4 Å². The molecule has 132 valence electrons. The van der Waals surface area contributed by atoms with Gasteiger partial charge < -0.3 is 5.32 Å². The minimum atomic E-state index is -3.41. The maximum Gasteiger partial charge on any atom is 0.240 e. The fraction of sp³-hybridized carbons (Fsp3) is 0.316. The molecule has 2 aromatic carbocycles. The van der Waals surface area contributed by atoms with Gasteiger partial charge in [0.2, 0.25) is 15.9 Å². The lowest BCUT2D eigenvalue weighted by Crippen LogP contribution is -2.25. The number of sulfonamides is 1. The Labute approximate surface area is 148 Å². The third-order valence-electron chi connectivity index (χ3n) is 4.11. The van der Waals surface area contributed by atoms with Crippen LogP contribution in [0.25, 0.3) is 0 Å². The van der Waals surface area contributed by atoms with Crippen molar-refractivity contribution in [3.63, 3.8) is 0 Å². The molecule has 0 heterocycles. The molecule has 2 N–H and O–H groups in total. The van der Waals surface area contributed by atoms with Gasteiger partial charge in [0.15, 0.2) is 0 Å². The van der Waals surface area contributed by atoms with Gasteiger partial charge in [-0.3, -0.25) is 4.79 Å². The quantitative estimate of drug-likeness (QED) is 0.761. The van der Waals surface area contributed by atoms with E-state index in [1.807, 2.05) is 30.3 Å². The van der Waals surface area contributed by atoms with Crippen molar-refractivity contribution in [3.05, 3.63) is 65.7 Å². The summed E-state index contributed by atoms with van der Waals surface area (Å²) in [6.07, 6.45) is 2.78. The standard InChI is InChI=1S/C19H22N2O3S/c22-19(20-14-16-4-2-1-3-5-16)13-8-15-6-11-18(12-7-15)25(23,24)21-17-9-10-17/h1-7,11-12,17,21H,8-10,13-14H2,(H,20,22). The Balaban J connectivity index is 1.47. The summed E-state index contributed by atoms with van der Waals surface area (Å²) in [5.41, 5.74) is 2.01. The Morgan fingerprint density at radius 3 is 2.28 bits per heavy atom. The Morgan fingerprint density at radius 2 is 1.64 bits per heavy atom. The number of benzene rings is 2. The maximum absolute atomic E-state index is 12.1. The third-order valence-corrected chi connectivity index (χ3v) is 5.64. The van der Waals surface area contributed by atoms with E-state index in [0.29, 0.717) is 19.4 Å². The lowest BCUT2D eigenvalue weighted by molar-refractivity contribution is -0.121. The summed E-state index contributed by atoms with van der Waals surface area (Å²) < 4.78 is 26.9. The van der Waals surface area contributed by atoms with Gasteiger partial charge in [0.05, 0.1) is 4.90 Å². The summed E-state index contributed by atoms with van der Waals surface area (Å²) in [6, 6.07) is 16.6. The first-order valence-corrected chi connectivity index (χ1v) is 9.93. The predicted molar refractivity (Wildman–Crippen MR) is 96.4 cm³/mol. The Kier molecular flexibility index (Phi) is 5.50. The maximum atomic E-state index is 12.1. The molecule has 1 amide bonds. The molecule has 1 aliphatic rings. The molecule has 0 aliphatic heterocycles. The molecular formula is C19H22N2O3S. The van der Waals surface area contributed by atoms with Crippen molar-refractivity contribution in [2.24, 2.45) is 0 Å². The molecule has 6 heteroatoms. The minimum Gasteiger partial charge on any atom is -0.352 e. The van der Waals surface area contributed by atoms with Crippen molar-refractivity contribution in [1.82, 2.24) is 10.0 Å². The van der Waals surface area contributed by atoms with Crippen LogP contribution >= 0.6 is 0 Å². The second-order valence-electron chi connectivity index (χ2n) is 6.30. The largest absolute Gasteiger partial charge is 0.352 e. The van der Waals surface area contributed by atoms with E-state index in [1.54, 1.807) is 24.3 Å². The van der Waals surface area contributed by atoms with Gasteiger partial charge in [-0.05, 0) is 42.5 Å². The molecule has 5 nitrogen and oxygen atoms in total. The van der Waals surface area contributed by atoms with Gasteiger partial charge in [-0.2, -0.15) is 0 Å². The normalized spacial score (nSPS) is 14.2. The lowest BCUT2D eigenvalue weighted by Gasteiger charge is -2.07. The van der Waals surface area contributed by atoms with Crippen molar-refractivity contribution in [2.75, 3.05) is 0 Å². The summed E-state index contributed by atoms with van der Waals surface area (Å²) in [6.45, 7) is 0.518. The van der Waals surface area contributed by atoms with Crippen LogP contribution in [0.2, 0.25) is 0 Å².